The Bertz CT molecular complexity index is 597. The smallest absolute Gasteiger partial charge is 0.244 e. The molecular weight excluding hydrogens is 248 g/mol. The van der Waals surface area contributed by atoms with Crippen molar-refractivity contribution in [2.24, 2.45) is 0 Å². The van der Waals surface area contributed by atoms with Gasteiger partial charge in [-0.05, 0) is 41.8 Å². The van der Waals surface area contributed by atoms with E-state index in [1.54, 1.807) is 6.20 Å². The van der Waals surface area contributed by atoms with Crippen LogP contribution in [0.4, 0.5) is 0 Å². The van der Waals surface area contributed by atoms with Crippen LogP contribution in [0.1, 0.15) is 12.5 Å². The normalized spacial score (nSPS) is 11.2. The second-order valence-electron chi connectivity index (χ2n) is 3.74. The van der Waals surface area contributed by atoms with Crippen LogP contribution in [0.15, 0.2) is 39.4 Å². The standard InChI is InChI=1S/C12H14N4OS/c1-3-15-12(17)16(14-13-15)8-9-18-11-6-4-10(2)5-7-11/h4-9H,3H2,1-2H3/b9-8+. The molecule has 18 heavy (non-hydrogen) atoms. The van der Waals surface area contributed by atoms with Gasteiger partial charge in [0, 0.05) is 17.6 Å². The number of nitrogens with zero attached hydrogens (tertiary/aromatic N) is 4. The van der Waals surface area contributed by atoms with Crippen molar-refractivity contribution in [1.29, 1.82) is 0 Å². The Morgan fingerprint density at radius 1 is 1.28 bits per heavy atom. The van der Waals surface area contributed by atoms with Gasteiger partial charge in [-0.25, -0.2) is 4.79 Å². The number of thioether (sulfide) groups is 1. The summed E-state index contributed by atoms with van der Waals surface area (Å²) in [5, 5.41) is 9.30. The average Bonchev–Trinajstić information content (AvgIpc) is 2.73. The summed E-state index contributed by atoms with van der Waals surface area (Å²) in [6, 6.07) is 8.18. The molecule has 0 unspecified atom stereocenters. The van der Waals surface area contributed by atoms with Gasteiger partial charge in [-0.1, -0.05) is 29.5 Å². The molecule has 0 aliphatic carbocycles. The molecule has 0 radical (unpaired) electrons. The Labute approximate surface area is 109 Å². The molecule has 0 amide bonds. The van der Waals surface area contributed by atoms with Crippen molar-refractivity contribution < 1.29 is 0 Å². The van der Waals surface area contributed by atoms with E-state index in [1.807, 2.05) is 31.4 Å². The molecule has 0 aliphatic rings. The van der Waals surface area contributed by atoms with Gasteiger partial charge in [-0.2, -0.15) is 9.36 Å². The minimum atomic E-state index is -0.224. The molecule has 0 saturated heterocycles. The van der Waals surface area contributed by atoms with Gasteiger partial charge >= 0.3 is 5.69 Å². The summed E-state index contributed by atoms with van der Waals surface area (Å²) in [5.74, 6) is 0. The van der Waals surface area contributed by atoms with Crippen LogP contribution in [-0.4, -0.2) is 19.8 Å². The molecule has 1 aromatic heterocycles. The summed E-state index contributed by atoms with van der Waals surface area (Å²) < 4.78 is 2.53. The van der Waals surface area contributed by atoms with E-state index in [-0.39, 0.29) is 5.69 Å². The van der Waals surface area contributed by atoms with Crippen molar-refractivity contribution in [1.82, 2.24) is 19.8 Å². The maximum Gasteiger partial charge on any atom is 0.367 e. The molecule has 0 saturated carbocycles. The van der Waals surface area contributed by atoms with Crippen molar-refractivity contribution in [3.8, 4) is 0 Å². The van der Waals surface area contributed by atoms with Crippen molar-refractivity contribution in [3.05, 3.63) is 45.7 Å². The zero-order valence-electron chi connectivity index (χ0n) is 10.3. The number of tetrazole rings is 1. The Morgan fingerprint density at radius 3 is 2.61 bits per heavy atom. The molecule has 94 valence electrons. The fourth-order valence-corrected chi connectivity index (χ4v) is 1.99. The molecule has 1 aromatic carbocycles. The first-order valence-electron chi connectivity index (χ1n) is 5.63. The highest BCUT2D eigenvalue weighted by Gasteiger charge is 2.00. The van der Waals surface area contributed by atoms with Crippen LogP contribution < -0.4 is 5.69 Å². The monoisotopic (exact) mass is 262 g/mol. The fourth-order valence-electron chi connectivity index (χ4n) is 1.36. The van der Waals surface area contributed by atoms with Gasteiger partial charge in [-0.3, -0.25) is 0 Å². The lowest BCUT2D eigenvalue weighted by Crippen LogP contribution is -2.21. The molecule has 0 aliphatic heterocycles. The summed E-state index contributed by atoms with van der Waals surface area (Å²) in [5.41, 5.74) is 1.00. The number of hydrogen-bond donors (Lipinski definition) is 0. The van der Waals surface area contributed by atoms with Gasteiger partial charge < -0.3 is 0 Å². The van der Waals surface area contributed by atoms with E-state index in [9.17, 15) is 4.79 Å². The second-order valence-corrected chi connectivity index (χ2v) is 4.72. The third-order valence-electron chi connectivity index (χ3n) is 2.39. The Hall–Kier alpha value is -1.82. The topological polar surface area (TPSA) is 52.7 Å². The van der Waals surface area contributed by atoms with Crippen LogP contribution in [-0.2, 0) is 6.54 Å². The van der Waals surface area contributed by atoms with Gasteiger partial charge in [0.1, 0.15) is 0 Å². The van der Waals surface area contributed by atoms with Crippen LogP contribution in [0.2, 0.25) is 0 Å². The predicted octanol–water partition coefficient (Wildman–Crippen LogP) is 1.99. The highest BCUT2D eigenvalue weighted by molar-refractivity contribution is 8.02. The Balaban J connectivity index is 2.05. The van der Waals surface area contributed by atoms with E-state index in [1.165, 1.54) is 26.7 Å². The van der Waals surface area contributed by atoms with Crippen LogP contribution in [0.3, 0.4) is 0 Å². The quantitative estimate of drug-likeness (QED) is 0.791. The molecule has 0 spiro atoms. The summed E-state index contributed by atoms with van der Waals surface area (Å²) in [6.45, 7) is 4.43. The van der Waals surface area contributed by atoms with Crippen molar-refractivity contribution in [3.63, 3.8) is 0 Å². The van der Waals surface area contributed by atoms with E-state index in [2.05, 4.69) is 22.6 Å². The fraction of sp³-hybridized carbons (Fsp3) is 0.250. The molecule has 5 nitrogen and oxygen atoms in total. The summed E-state index contributed by atoms with van der Waals surface area (Å²) >= 11 is 1.53. The summed E-state index contributed by atoms with van der Waals surface area (Å²) in [6.07, 6.45) is 1.62. The van der Waals surface area contributed by atoms with Crippen molar-refractivity contribution in [2.45, 2.75) is 25.3 Å². The first kappa shape index (κ1) is 12.6. The van der Waals surface area contributed by atoms with Crippen LogP contribution in [0.25, 0.3) is 6.20 Å². The highest BCUT2D eigenvalue weighted by Crippen LogP contribution is 2.19. The number of rotatable bonds is 4. The lowest BCUT2D eigenvalue weighted by Gasteiger charge is -1.96. The number of hydrogen-bond acceptors (Lipinski definition) is 4. The lowest BCUT2D eigenvalue weighted by atomic mass is 10.2. The summed E-state index contributed by atoms with van der Waals surface area (Å²) in [4.78, 5) is 12.7. The van der Waals surface area contributed by atoms with Crippen molar-refractivity contribution >= 4 is 18.0 Å². The Morgan fingerprint density at radius 2 is 2.00 bits per heavy atom. The summed E-state index contributed by atoms with van der Waals surface area (Å²) in [7, 11) is 0. The van der Waals surface area contributed by atoms with Gasteiger partial charge in [0.05, 0.1) is 0 Å². The van der Waals surface area contributed by atoms with Crippen LogP contribution >= 0.6 is 11.8 Å². The van der Waals surface area contributed by atoms with Gasteiger partial charge in [-0.15, -0.1) is 0 Å². The number of benzene rings is 1. The number of aromatic nitrogens is 4. The molecule has 1 heterocycles. The molecule has 0 N–H and O–H groups in total. The average molecular weight is 262 g/mol. The van der Waals surface area contributed by atoms with E-state index < -0.39 is 0 Å². The molecule has 0 fully saturated rings. The molecule has 6 heteroatoms. The molecule has 2 aromatic rings. The zero-order chi connectivity index (χ0) is 13.0. The molecule has 2 rings (SSSR count). The second kappa shape index (κ2) is 5.68. The van der Waals surface area contributed by atoms with E-state index in [0.717, 1.165) is 4.90 Å². The van der Waals surface area contributed by atoms with E-state index in [4.69, 9.17) is 0 Å². The molecular formula is C12H14N4OS. The highest BCUT2D eigenvalue weighted by atomic mass is 32.2. The largest absolute Gasteiger partial charge is 0.367 e. The third-order valence-corrected chi connectivity index (χ3v) is 3.19. The van der Waals surface area contributed by atoms with E-state index >= 15 is 0 Å². The minimum Gasteiger partial charge on any atom is -0.244 e. The van der Waals surface area contributed by atoms with Crippen molar-refractivity contribution in [2.75, 3.05) is 0 Å². The first-order valence-corrected chi connectivity index (χ1v) is 6.51. The zero-order valence-corrected chi connectivity index (χ0v) is 11.1. The predicted molar refractivity (Wildman–Crippen MR) is 72.3 cm³/mol. The third kappa shape index (κ3) is 2.89. The Kier molecular flexibility index (Phi) is 3.99. The van der Waals surface area contributed by atoms with Gasteiger partial charge in [0.25, 0.3) is 0 Å². The van der Waals surface area contributed by atoms with Gasteiger partial charge in [0.15, 0.2) is 0 Å². The maximum absolute atomic E-state index is 11.6. The lowest BCUT2D eigenvalue weighted by molar-refractivity contribution is 0.609. The van der Waals surface area contributed by atoms with E-state index in [0.29, 0.717) is 6.54 Å². The van der Waals surface area contributed by atoms with Gasteiger partial charge in [0.2, 0.25) is 0 Å². The first-order chi connectivity index (χ1) is 8.70. The maximum atomic E-state index is 11.6. The minimum absolute atomic E-state index is 0.224. The number of aryl methyl sites for hydroxylation is 2. The molecule has 0 atom stereocenters. The SMILES string of the molecule is CCn1nnn(/C=C/Sc2ccc(C)cc2)c1=O. The van der Waals surface area contributed by atoms with Crippen LogP contribution in [0.5, 0.6) is 0 Å². The van der Waals surface area contributed by atoms with Crippen LogP contribution in [0, 0.1) is 6.92 Å². The molecule has 0 bridgehead atoms.